The first-order chi connectivity index (χ1) is 12.4. The largest absolute Gasteiger partial charge is 0.452 e. The molecule has 0 amide bonds. The average molecular weight is 375 g/mol. The van der Waals surface area contributed by atoms with Crippen LogP contribution in [0.3, 0.4) is 0 Å². The Bertz CT molecular complexity index is 971. The number of carbonyl (C=O) groups excluding carboxylic acids is 1. The summed E-state index contributed by atoms with van der Waals surface area (Å²) in [5, 5.41) is 15.2. The van der Waals surface area contributed by atoms with Crippen molar-refractivity contribution in [2.45, 2.75) is 6.61 Å². The minimum absolute atomic E-state index is 0.0623. The second-order valence-electron chi connectivity index (χ2n) is 5.12. The molecule has 0 bridgehead atoms. The molecule has 0 aliphatic heterocycles. The zero-order valence-corrected chi connectivity index (χ0v) is 13.8. The van der Waals surface area contributed by atoms with E-state index in [1.54, 1.807) is 24.3 Å². The number of rotatable bonds is 5. The maximum Gasteiger partial charge on any atom is 0.341 e. The van der Waals surface area contributed by atoms with Crippen LogP contribution in [-0.2, 0) is 11.3 Å². The number of esters is 1. The third kappa shape index (κ3) is 3.78. The van der Waals surface area contributed by atoms with Crippen molar-refractivity contribution in [3.63, 3.8) is 0 Å². The van der Waals surface area contributed by atoms with E-state index < -0.39 is 10.9 Å². The van der Waals surface area contributed by atoms with Gasteiger partial charge in [0.15, 0.2) is 6.61 Å². The van der Waals surface area contributed by atoms with Crippen LogP contribution in [0.15, 0.2) is 47.0 Å². The molecule has 0 unspecified atom stereocenters. The molecule has 0 saturated heterocycles. The summed E-state index contributed by atoms with van der Waals surface area (Å²) in [4.78, 5) is 26.4. The molecule has 3 aromatic rings. The van der Waals surface area contributed by atoms with Gasteiger partial charge in [0.05, 0.1) is 10.5 Å². The van der Waals surface area contributed by atoms with Gasteiger partial charge in [-0.2, -0.15) is 4.98 Å². The van der Waals surface area contributed by atoms with Gasteiger partial charge >= 0.3 is 5.97 Å². The summed E-state index contributed by atoms with van der Waals surface area (Å²) in [7, 11) is 0. The molecule has 26 heavy (non-hydrogen) atoms. The Hall–Kier alpha value is -3.46. The zero-order valence-electron chi connectivity index (χ0n) is 13.1. The third-order valence-corrected chi connectivity index (χ3v) is 3.62. The zero-order chi connectivity index (χ0) is 18.7. The maximum atomic E-state index is 12.1. The quantitative estimate of drug-likeness (QED) is 0.311. The monoisotopic (exact) mass is 374 g/mol. The van der Waals surface area contributed by atoms with Crippen molar-refractivity contribution in [2.24, 2.45) is 0 Å². The summed E-state index contributed by atoms with van der Waals surface area (Å²) >= 11 is 5.82. The lowest BCUT2D eigenvalue weighted by Crippen LogP contribution is -2.09. The summed E-state index contributed by atoms with van der Waals surface area (Å²) in [6.07, 6.45) is 0. The normalized spacial score (nSPS) is 10.5. The Kier molecular flexibility index (Phi) is 4.81. The van der Waals surface area contributed by atoms with Crippen LogP contribution in [0.4, 0.5) is 11.4 Å². The highest BCUT2D eigenvalue weighted by Gasteiger charge is 2.18. The standard InChI is InChI=1S/C16H11ClN4O5/c17-10-3-1-9(2-4-10)15-19-14(26-20-15)8-25-16(22)12-7-11(21(23)24)5-6-13(12)18/h1-7H,8,18H2. The Morgan fingerprint density at radius 1 is 1.27 bits per heavy atom. The maximum absolute atomic E-state index is 12.1. The lowest BCUT2D eigenvalue weighted by Gasteiger charge is -2.04. The number of aromatic nitrogens is 2. The molecule has 0 atom stereocenters. The number of hydrogen-bond donors (Lipinski definition) is 1. The van der Waals surface area contributed by atoms with Crippen LogP contribution >= 0.6 is 11.6 Å². The Balaban J connectivity index is 1.70. The Morgan fingerprint density at radius 3 is 2.69 bits per heavy atom. The molecule has 0 saturated carbocycles. The predicted octanol–water partition coefficient (Wildman–Crippen LogP) is 3.24. The number of nitrogens with two attached hydrogens (primary N) is 1. The molecule has 10 heteroatoms. The molecule has 1 aromatic heterocycles. The van der Waals surface area contributed by atoms with Crippen molar-refractivity contribution in [2.75, 3.05) is 5.73 Å². The molecule has 1 heterocycles. The van der Waals surface area contributed by atoms with E-state index in [-0.39, 0.29) is 29.4 Å². The van der Waals surface area contributed by atoms with E-state index in [0.717, 1.165) is 6.07 Å². The second-order valence-corrected chi connectivity index (χ2v) is 5.56. The highest BCUT2D eigenvalue weighted by Crippen LogP contribution is 2.22. The van der Waals surface area contributed by atoms with Crippen molar-refractivity contribution in [3.05, 3.63) is 69.1 Å². The van der Waals surface area contributed by atoms with E-state index in [4.69, 9.17) is 26.6 Å². The molecule has 3 rings (SSSR count). The highest BCUT2D eigenvalue weighted by molar-refractivity contribution is 6.30. The van der Waals surface area contributed by atoms with Gasteiger partial charge < -0.3 is 15.0 Å². The van der Waals surface area contributed by atoms with Crippen molar-refractivity contribution < 1.29 is 19.0 Å². The summed E-state index contributed by atoms with van der Waals surface area (Å²) < 4.78 is 10.1. The van der Waals surface area contributed by atoms with Crippen LogP contribution in [0.1, 0.15) is 16.2 Å². The minimum atomic E-state index is -0.836. The van der Waals surface area contributed by atoms with Gasteiger partial charge in [-0.25, -0.2) is 4.79 Å². The van der Waals surface area contributed by atoms with E-state index in [2.05, 4.69) is 10.1 Å². The van der Waals surface area contributed by atoms with Gasteiger partial charge in [-0.05, 0) is 30.3 Å². The van der Waals surface area contributed by atoms with Crippen molar-refractivity contribution in [1.82, 2.24) is 10.1 Å². The number of benzene rings is 2. The molecule has 9 nitrogen and oxygen atoms in total. The van der Waals surface area contributed by atoms with Crippen LogP contribution in [0.25, 0.3) is 11.4 Å². The first-order valence-corrected chi connectivity index (χ1v) is 7.61. The predicted molar refractivity (Wildman–Crippen MR) is 91.4 cm³/mol. The van der Waals surface area contributed by atoms with E-state index in [1.807, 2.05) is 0 Å². The van der Waals surface area contributed by atoms with Gasteiger partial charge in [0.2, 0.25) is 5.82 Å². The molecule has 0 fully saturated rings. The van der Waals surface area contributed by atoms with Gasteiger partial charge in [-0.1, -0.05) is 16.8 Å². The summed E-state index contributed by atoms with van der Waals surface area (Å²) in [6.45, 7) is -0.304. The van der Waals surface area contributed by atoms with E-state index >= 15 is 0 Å². The number of nitro benzene ring substituents is 1. The number of nitrogen functional groups attached to an aromatic ring is 1. The topological polar surface area (TPSA) is 134 Å². The van der Waals surface area contributed by atoms with Gasteiger partial charge in [0.1, 0.15) is 0 Å². The van der Waals surface area contributed by atoms with E-state index in [0.29, 0.717) is 16.4 Å². The first-order valence-electron chi connectivity index (χ1n) is 7.23. The van der Waals surface area contributed by atoms with E-state index in [9.17, 15) is 14.9 Å². The van der Waals surface area contributed by atoms with Crippen LogP contribution in [0.2, 0.25) is 5.02 Å². The molecule has 0 aliphatic rings. The summed E-state index contributed by atoms with van der Waals surface area (Å²) in [5.41, 5.74) is 6.02. The number of nitro groups is 1. The number of halogens is 1. The average Bonchev–Trinajstić information content (AvgIpc) is 3.09. The number of ether oxygens (including phenoxy) is 1. The molecule has 0 aliphatic carbocycles. The summed E-state index contributed by atoms with van der Waals surface area (Å²) in [6, 6.07) is 10.3. The molecule has 0 spiro atoms. The molecule has 0 radical (unpaired) electrons. The fraction of sp³-hybridized carbons (Fsp3) is 0.0625. The highest BCUT2D eigenvalue weighted by atomic mass is 35.5. The lowest BCUT2D eigenvalue weighted by atomic mass is 10.1. The number of nitrogens with zero attached hydrogens (tertiary/aromatic N) is 3. The Morgan fingerprint density at radius 2 is 2.00 bits per heavy atom. The number of anilines is 1. The molecular formula is C16H11ClN4O5. The van der Waals surface area contributed by atoms with Crippen LogP contribution in [0.5, 0.6) is 0 Å². The molecule has 2 N–H and O–H groups in total. The molecule has 132 valence electrons. The van der Waals surface area contributed by atoms with Crippen molar-refractivity contribution >= 4 is 28.9 Å². The van der Waals surface area contributed by atoms with Gasteiger partial charge in [-0.3, -0.25) is 10.1 Å². The molecular weight excluding hydrogens is 364 g/mol. The number of carbonyl (C=O) groups is 1. The first kappa shape index (κ1) is 17.4. The van der Waals surface area contributed by atoms with Gasteiger partial charge in [0, 0.05) is 28.4 Å². The van der Waals surface area contributed by atoms with Gasteiger partial charge in [0.25, 0.3) is 11.6 Å². The summed E-state index contributed by atoms with van der Waals surface area (Å²) in [5.74, 6) is -0.465. The third-order valence-electron chi connectivity index (χ3n) is 3.36. The lowest BCUT2D eigenvalue weighted by molar-refractivity contribution is -0.384. The smallest absolute Gasteiger partial charge is 0.341 e. The Labute approximate surface area is 151 Å². The van der Waals surface area contributed by atoms with Gasteiger partial charge in [-0.15, -0.1) is 0 Å². The molecule has 2 aromatic carbocycles. The minimum Gasteiger partial charge on any atom is -0.452 e. The second kappa shape index (κ2) is 7.19. The SMILES string of the molecule is Nc1ccc([N+](=O)[O-])cc1C(=O)OCc1nc(-c2ccc(Cl)cc2)no1. The number of hydrogen-bond acceptors (Lipinski definition) is 8. The fourth-order valence-corrected chi connectivity index (χ4v) is 2.20. The number of non-ortho nitro benzene ring substituents is 1. The van der Waals surface area contributed by atoms with E-state index in [1.165, 1.54) is 12.1 Å². The van der Waals surface area contributed by atoms with Crippen LogP contribution in [-0.4, -0.2) is 21.0 Å². The van der Waals surface area contributed by atoms with Crippen molar-refractivity contribution in [3.8, 4) is 11.4 Å². The van der Waals surface area contributed by atoms with Crippen LogP contribution < -0.4 is 5.73 Å². The van der Waals surface area contributed by atoms with Crippen LogP contribution in [0, 0.1) is 10.1 Å². The van der Waals surface area contributed by atoms with Crippen molar-refractivity contribution in [1.29, 1.82) is 0 Å². The fourth-order valence-electron chi connectivity index (χ4n) is 2.07.